The van der Waals surface area contributed by atoms with Crippen LogP contribution in [0, 0.1) is 0 Å². The summed E-state index contributed by atoms with van der Waals surface area (Å²) in [5, 5.41) is 6.68. The van der Waals surface area contributed by atoms with Crippen molar-refractivity contribution in [2.24, 2.45) is 5.73 Å². The molecular formula is C14H18N4O2. The zero-order valence-corrected chi connectivity index (χ0v) is 11.4. The number of benzene rings is 1. The number of carbonyl (C=O) groups is 1. The van der Waals surface area contributed by atoms with Crippen LogP contribution in [0.5, 0.6) is 0 Å². The van der Waals surface area contributed by atoms with Gasteiger partial charge in [-0.1, -0.05) is 35.5 Å². The third kappa shape index (κ3) is 3.89. The Balaban J connectivity index is 1.96. The van der Waals surface area contributed by atoms with Crippen LogP contribution in [0.3, 0.4) is 0 Å². The molecule has 20 heavy (non-hydrogen) atoms. The Kier molecular flexibility index (Phi) is 4.84. The summed E-state index contributed by atoms with van der Waals surface area (Å²) in [5.41, 5.74) is 6.43. The van der Waals surface area contributed by atoms with Crippen LogP contribution in [0.1, 0.15) is 36.7 Å². The fourth-order valence-corrected chi connectivity index (χ4v) is 1.80. The second kappa shape index (κ2) is 6.81. The van der Waals surface area contributed by atoms with Gasteiger partial charge in [-0.05, 0) is 12.5 Å². The highest BCUT2D eigenvalue weighted by Gasteiger charge is 2.16. The number of amides is 1. The molecule has 1 aromatic heterocycles. The summed E-state index contributed by atoms with van der Waals surface area (Å²) in [6, 6.07) is 9.58. The molecule has 6 nitrogen and oxygen atoms in total. The summed E-state index contributed by atoms with van der Waals surface area (Å²) in [4.78, 5) is 15.7. The van der Waals surface area contributed by atoms with Crippen LogP contribution in [0.25, 0.3) is 0 Å². The molecule has 3 N–H and O–H groups in total. The van der Waals surface area contributed by atoms with E-state index in [1.807, 2.05) is 30.3 Å². The Morgan fingerprint density at radius 1 is 1.40 bits per heavy atom. The molecule has 0 spiro atoms. The Morgan fingerprint density at radius 2 is 2.15 bits per heavy atom. The van der Waals surface area contributed by atoms with Gasteiger partial charge in [-0.15, -0.1) is 0 Å². The van der Waals surface area contributed by atoms with Gasteiger partial charge < -0.3 is 15.6 Å². The van der Waals surface area contributed by atoms with Gasteiger partial charge in [0, 0.05) is 19.4 Å². The van der Waals surface area contributed by atoms with Crippen LogP contribution in [-0.2, 0) is 11.2 Å². The lowest BCUT2D eigenvalue weighted by molar-refractivity contribution is -0.121. The molecule has 106 valence electrons. The molecule has 2 rings (SSSR count). The quantitative estimate of drug-likeness (QED) is 0.825. The van der Waals surface area contributed by atoms with E-state index in [0.29, 0.717) is 24.7 Å². The Bertz CT molecular complexity index is 553. The highest BCUT2D eigenvalue weighted by molar-refractivity contribution is 5.76. The minimum absolute atomic E-state index is 0.122. The summed E-state index contributed by atoms with van der Waals surface area (Å²) in [6.45, 7) is 2.12. The van der Waals surface area contributed by atoms with Gasteiger partial charge in [0.05, 0.1) is 0 Å². The van der Waals surface area contributed by atoms with E-state index >= 15 is 0 Å². The zero-order valence-electron chi connectivity index (χ0n) is 11.4. The maximum atomic E-state index is 11.4. The molecule has 1 unspecified atom stereocenters. The molecule has 2 aromatic rings. The van der Waals surface area contributed by atoms with Crippen molar-refractivity contribution in [3.05, 3.63) is 47.6 Å². The van der Waals surface area contributed by atoms with Gasteiger partial charge in [-0.2, -0.15) is 4.98 Å². The topological polar surface area (TPSA) is 94.0 Å². The van der Waals surface area contributed by atoms with Crippen molar-refractivity contribution < 1.29 is 9.32 Å². The molecule has 0 saturated carbocycles. The third-order valence-electron chi connectivity index (χ3n) is 2.81. The van der Waals surface area contributed by atoms with Gasteiger partial charge >= 0.3 is 0 Å². The molecule has 0 aliphatic carbocycles. The monoisotopic (exact) mass is 274 g/mol. The number of carbonyl (C=O) groups excluding carboxylic acids is 1. The number of nitrogens with zero attached hydrogens (tertiary/aromatic N) is 2. The van der Waals surface area contributed by atoms with Gasteiger partial charge in [-0.3, -0.25) is 4.79 Å². The van der Waals surface area contributed by atoms with Gasteiger partial charge in [0.25, 0.3) is 0 Å². The van der Waals surface area contributed by atoms with Gasteiger partial charge in [0.15, 0.2) is 5.82 Å². The fourth-order valence-electron chi connectivity index (χ4n) is 1.80. The van der Waals surface area contributed by atoms with E-state index in [0.717, 1.165) is 5.56 Å². The number of hydrogen-bond acceptors (Lipinski definition) is 5. The smallest absolute Gasteiger partial charge is 0.248 e. The summed E-state index contributed by atoms with van der Waals surface area (Å²) in [5.74, 6) is 0.884. The Labute approximate surface area is 117 Å². The molecule has 0 aliphatic heterocycles. The summed E-state index contributed by atoms with van der Waals surface area (Å²) < 4.78 is 5.17. The Hall–Kier alpha value is -2.21. The predicted molar refractivity (Wildman–Crippen MR) is 73.8 cm³/mol. The van der Waals surface area contributed by atoms with Crippen LogP contribution < -0.4 is 11.1 Å². The lowest BCUT2D eigenvalue weighted by Crippen LogP contribution is -2.28. The highest BCUT2D eigenvalue weighted by atomic mass is 16.5. The standard InChI is InChI=1S/C14H18N4O2/c1-10(16-13(19)7-8-15)14-17-12(18-20-14)9-11-5-3-2-4-6-11/h2-6,10H,7-9,15H2,1H3,(H,16,19). The SMILES string of the molecule is CC(NC(=O)CCN)c1nc(Cc2ccccc2)no1. The van der Waals surface area contributed by atoms with E-state index in [-0.39, 0.29) is 18.4 Å². The average molecular weight is 274 g/mol. The molecule has 0 radical (unpaired) electrons. The molecule has 1 amide bonds. The lowest BCUT2D eigenvalue weighted by atomic mass is 10.1. The maximum absolute atomic E-state index is 11.4. The number of nitrogens with two attached hydrogens (primary N) is 1. The van der Waals surface area contributed by atoms with Crippen molar-refractivity contribution in [2.75, 3.05) is 6.54 Å². The maximum Gasteiger partial charge on any atom is 0.248 e. The van der Waals surface area contributed by atoms with Crippen LogP contribution in [0.2, 0.25) is 0 Å². The molecule has 1 heterocycles. The number of rotatable bonds is 6. The van der Waals surface area contributed by atoms with Crippen LogP contribution in [0.4, 0.5) is 0 Å². The van der Waals surface area contributed by atoms with E-state index in [4.69, 9.17) is 10.3 Å². The van der Waals surface area contributed by atoms with Gasteiger partial charge in [-0.25, -0.2) is 0 Å². The first-order chi connectivity index (χ1) is 9.69. The van der Waals surface area contributed by atoms with Crippen LogP contribution >= 0.6 is 0 Å². The summed E-state index contributed by atoms with van der Waals surface area (Å²) in [7, 11) is 0. The fraction of sp³-hybridized carbons (Fsp3) is 0.357. The molecule has 0 bridgehead atoms. The minimum Gasteiger partial charge on any atom is -0.345 e. The largest absolute Gasteiger partial charge is 0.345 e. The molecule has 0 fully saturated rings. The minimum atomic E-state index is -0.314. The van der Waals surface area contributed by atoms with Crippen LogP contribution in [0.15, 0.2) is 34.9 Å². The first kappa shape index (κ1) is 14.2. The van der Waals surface area contributed by atoms with Crippen molar-refractivity contribution in [1.29, 1.82) is 0 Å². The van der Waals surface area contributed by atoms with Gasteiger partial charge in [0.2, 0.25) is 11.8 Å². The van der Waals surface area contributed by atoms with Gasteiger partial charge in [0.1, 0.15) is 6.04 Å². The molecule has 6 heteroatoms. The third-order valence-corrected chi connectivity index (χ3v) is 2.81. The second-order valence-electron chi connectivity index (χ2n) is 4.54. The summed E-state index contributed by atoms with van der Waals surface area (Å²) >= 11 is 0. The first-order valence-corrected chi connectivity index (χ1v) is 6.55. The molecule has 0 saturated heterocycles. The summed E-state index contributed by atoms with van der Waals surface area (Å²) in [6.07, 6.45) is 0.892. The number of nitrogens with one attached hydrogen (secondary N) is 1. The number of hydrogen-bond donors (Lipinski definition) is 2. The van der Waals surface area contributed by atoms with E-state index in [2.05, 4.69) is 15.5 Å². The van der Waals surface area contributed by atoms with E-state index in [1.165, 1.54) is 0 Å². The molecule has 0 aliphatic rings. The molecule has 1 aromatic carbocycles. The van der Waals surface area contributed by atoms with Crippen LogP contribution in [-0.4, -0.2) is 22.6 Å². The van der Waals surface area contributed by atoms with E-state index in [9.17, 15) is 4.79 Å². The predicted octanol–water partition coefficient (Wildman–Crippen LogP) is 1.19. The van der Waals surface area contributed by atoms with Crippen molar-refractivity contribution in [1.82, 2.24) is 15.5 Å². The van der Waals surface area contributed by atoms with Crippen molar-refractivity contribution in [3.63, 3.8) is 0 Å². The van der Waals surface area contributed by atoms with E-state index < -0.39 is 0 Å². The average Bonchev–Trinajstić information content (AvgIpc) is 2.89. The number of aromatic nitrogens is 2. The zero-order chi connectivity index (χ0) is 14.4. The lowest BCUT2D eigenvalue weighted by Gasteiger charge is -2.08. The Morgan fingerprint density at radius 3 is 2.85 bits per heavy atom. The first-order valence-electron chi connectivity index (χ1n) is 6.55. The highest BCUT2D eigenvalue weighted by Crippen LogP contribution is 2.12. The van der Waals surface area contributed by atoms with Crippen molar-refractivity contribution in [3.8, 4) is 0 Å². The van der Waals surface area contributed by atoms with E-state index in [1.54, 1.807) is 6.92 Å². The molecular weight excluding hydrogens is 256 g/mol. The molecule has 1 atom stereocenters. The van der Waals surface area contributed by atoms with Crippen molar-refractivity contribution in [2.45, 2.75) is 25.8 Å². The second-order valence-corrected chi connectivity index (χ2v) is 4.54. The normalized spacial score (nSPS) is 12.1. The van der Waals surface area contributed by atoms with Crippen molar-refractivity contribution >= 4 is 5.91 Å².